The van der Waals surface area contributed by atoms with Crippen LogP contribution in [0.25, 0.3) is 55.3 Å². The van der Waals surface area contributed by atoms with Crippen molar-refractivity contribution in [2.24, 2.45) is 5.11 Å². The summed E-state index contributed by atoms with van der Waals surface area (Å²) in [6.45, 7) is 7.89. The molecule has 3 aromatic carbocycles. The van der Waals surface area contributed by atoms with E-state index in [2.05, 4.69) is 74.4 Å². The molecule has 0 aliphatic carbocycles. The normalized spacial score (nSPS) is 11.1. The smallest absolute Gasteiger partial charge is 0.220 e. The molecule has 2 heterocycles. The maximum Gasteiger partial charge on any atom is 0.220 e. The van der Waals surface area contributed by atoms with Crippen molar-refractivity contribution in [1.29, 1.82) is 0 Å². The van der Waals surface area contributed by atoms with Crippen LogP contribution >= 0.6 is 0 Å². The summed E-state index contributed by atoms with van der Waals surface area (Å²) < 4.78 is 5.92. The minimum absolute atomic E-state index is 0.0382. The first-order valence-electron chi connectivity index (χ1n) is 16.3. The van der Waals surface area contributed by atoms with E-state index in [1.54, 1.807) is 0 Å². The standard InChI is InChI=1S/C35H43N9O2/c1-3-5-6-20-44(19-4-2)27-14-16-30-32(24-27)42-35(40-30)26-13-15-29-31(23-26)41-34(39-29)25-10-7-11-28(22-25)46-21-8-12-33(45)37-17-9-18-38-43-36/h7,10-11,13-16,22-24H,3-6,8-9,12,17-21H2,1-2H3,(H,37,45)(H,39,41)(H,40,42). The summed E-state index contributed by atoms with van der Waals surface area (Å²) in [5.74, 6) is 2.27. The summed E-state index contributed by atoms with van der Waals surface area (Å²) in [6.07, 6.45) is 6.39. The Bertz CT molecular complexity index is 1790. The summed E-state index contributed by atoms with van der Waals surface area (Å²) >= 11 is 0. The van der Waals surface area contributed by atoms with Crippen molar-refractivity contribution < 1.29 is 9.53 Å². The molecule has 0 fully saturated rings. The Balaban J connectivity index is 1.22. The molecule has 2 aromatic heterocycles. The fourth-order valence-electron chi connectivity index (χ4n) is 5.48. The van der Waals surface area contributed by atoms with Crippen molar-refractivity contribution in [2.45, 2.75) is 58.8 Å². The number of H-pyrrole nitrogens is 2. The van der Waals surface area contributed by atoms with E-state index in [9.17, 15) is 4.79 Å². The van der Waals surface area contributed by atoms with Crippen LogP contribution in [-0.2, 0) is 4.79 Å². The number of aromatic amines is 2. The predicted octanol–water partition coefficient (Wildman–Crippen LogP) is 8.16. The number of nitrogens with one attached hydrogen (secondary N) is 3. The zero-order chi connectivity index (χ0) is 32.1. The molecule has 11 nitrogen and oxygen atoms in total. The number of anilines is 1. The molecule has 5 aromatic rings. The third-order valence-electron chi connectivity index (χ3n) is 7.86. The van der Waals surface area contributed by atoms with E-state index in [-0.39, 0.29) is 5.91 Å². The molecule has 11 heteroatoms. The summed E-state index contributed by atoms with van der Waals surface area (Å²) in [5.41, 5.74) is 15.2. The van der Waals surface area contributed by atoms with Crippen LogP contribution in [0.5, 0.6) is 5.75 Å². The Morgan fingerprint density at radius 3 is 2.41 bits per heavy atom. The molecule has 240 valence electrons. The molecule has 46 heavy (non-hydrogen) atoms. The average Bonchev–Trinajstić information content (AvgIpc) is 3.70. The highest BCUT2D eigenvalue weighted by atomic mass is 16.5. The molecule has 0 radical (unpaired) electrons. The Kier molecular flexibility index (Phi) is 11.5. The van der Waals surface area contributed by atoms with Gasteiger partial charge in [-0.2, -0.15) is 0 Å². The predicted molar refractivity (Wildman–Crippen MR) is 185 cm³/mol. The molecule has 3 N–H and O–H groups in total. The van der Waals surface area contributed by atoms with Gasteiger partial charge in [0.15, 0.2) is 0 Å². The molecule has 0 saturated heterocycles. The number of hydrogen-bond acceptors (Lipinski definition) is 6. The van der Waals surface area contributed by atoms with Gasteiger partial charge in [0.1, 0.15) is 17.4 Å². The first kappa shape index (κ1) is 32.4. The lowest BCUT2D eigenvalue weighted by Crippen LogP contribution is -2.25. The number of carbonyl (C=O) groups excluding carboxylic acids is 1. The van der Waals surface area contributed by atoms with Crippen molar-refractivity contribution in [2.75, 3.05) is 37.7 Å². The molecule has 0 unspecified atom stereocenters. The maximum absolute atomic E-state index is 12.0. The Morgan fingerprint density at radius 2 is 1.65 bits per heavy atom. The molecule has 0 saturated carbocycles. The number of azide groups is 1. The lowest BCUT2D eigenvalue weighted by Gasteiger charge is -2.24. The third-order valence-corrected chi connectivity index (χ3v) is 7.86. The quantitative estimate of drug-likeness (QED) is 0.0391. The Morgan fingerprint density at radius 1 is 0.891 bits per heavy atom. The number of amides is 1. The Hall–Kier alpha value is -5.02. The van der Waals surface area contributed by atoms with E-state index in [4.69, 9.17) is 20.2 Å². The summed E-state index contributed by atoms with van der Waals surface area (Å²) in [4.78, 5) is 33.9. The second-order valence-electron chi connectivity index (χ2n) is 11.4. The van der Waals surface area contributed by atoms with E-state index in [0.29, 0.717) is 39.0 Å². The van der Waals surface area contributed by atoms with Gasteiger partial charge in [-0.3, -0.25) is 4.79 Å². The first-order chi connectivity index (χ1) is 22.6. The van der Waals surface area contributed by atoms with Crippen molar-refractivity contribution in [3.8, 4) is 28.5 Å². The maximum atomic E-state index is 12.0. The number of unbranched alkanes of at least 4 members (excludes halogenated alkanes) is 2. The van der Waals surface area contributed by atoms with E-state index in [1.807, 2.05) is 30.3 Å². The van der Waals surface area contributed by atoms with Gasteiger partial charge >= 0.3 is 0 Å². The number of nitrogens with zero attached hydrogens (tertiary/aromatic N) is 6. The van der Waals surface area contributed by atoms with Crippen LogP contribution in [0.1, 0.15) is 58.8 Å². The van der Waals surface area contributed by atoms with E-state index in [1.165, 1.54) is 24.9 Å². The number of ether oxygens (including phenoxy) is 1. The van der Waals surface area contributed by atoms with Crippen molar-refractivity contribution in [1.82, 2.24) is 25.3 Å². The van der Waals surface area contributed by atoms with E-state index >= 15 is 0 Å². The molecule has 0 bridgehead atoms. The zero-order valence-corrected chi connectivity index (χ0v) is 26.8. The van der Waals surface area contributed by atoms with Crippen molar-refractivity contribution in [3.05, 3.63) is 71.1 Å². The highest BCUT2D eigenvalue weighted by molar-refractivity contribution is 5.87. The second-order valence-corrected chi connectivity index (χ2v) is 11.4. The monoisotopic (exact) mass is 621 g/mol. The van der Waals surface area contributed by atoms with Crippen LogP contribution in [0.4, 0.5) is 5.69 Å². The molecule has 0 aliphatic rings. The van der Waals surface area contributed by atoms with Crippen LogP contribution < -0.4 is 15.0 Å². The van der Waals surface area contributed by atoms with Gasteiger partial charge in [0.25, 0.3) is 0 Å². The number of hydrogen-bond donors (Lipinski definition) is 3. The number of carbonyl (C=O) groups is 1. The highest BCUT2D eigenvalue weighted by Gasteiger charge is 2.13. The lowest BCUT2D eigenvalue weighted by molar-refractivity contribution is -0.121. The fourth-order valence-corrected chi connectivity index (χ4v) is 5.48. The van der Waals surface area contributed by atoms with Gasteiger partial charge in [0, 0.05) is 54.3 Å². The van der Waals surface area contributed by atoms with Crippen molar-refractivity contribution >= 4 is 33.7 Å². The molecule has 1 amide bonds. The molecular weight excluding hydrogens is 578 g/mol. The number of rotatable bonds is 18. The SMILES string of the molecule is CCCCCN(CCC)c1ccc2nc(-c3ccc4nc(-c5cccc(OCCCC(=O)NCCCN=[N+]=[N-])c5)[nH]c4c3)[nH]c2c1. The fraction of sp³-hybridized carbons (Fsp3) is 0.400. The number of imidazole rings is 2. The van der Waals surface area contributed by atoms with Crippen LogP contribution in [0.2, 0.25) is 0 Å². The van der Waals surface area contributed by atoms with Gasteiger partial charge in [-0.25, -0.2) is 9.97 Å². The van der Waals surface area contributed by atoms with Crippen LogP contribution in [0.3, 0.4) is 0 Å². The molecular formula is C35H43N9O2. The van der Waals surface area contributed by atoms with Crippen LogP contribution in [-0.4, -0.2) is 58.6 Å². The highest BCUT2D eigenvalue weighted by Crippen LogP contribution is 2.29. The van der Waals surface area contributed by atoms with Gasteiger partial charge < -0.3 is 24.9 Å². The van der Waals surface area contributed by atoms with Gasteiger partial charge in [0.2, 0.25) is 5.91 Å². The third kappa shape index (κ3) is 8.57. The van der Waals surface area contributed by atoms with E-state index < -0.39 is 0 Å². The zero-order valence-electron chi connectivity index (χ0n) is 26.8. The topological polar surface area (TPSA) is 148 Å². The van der Waals surface area contributed by atoms with E-state index in [0.717, 1.165) is 70.1 Å². The minimum Gasteiger partial charge on any atom is -0.494 e. The number of benzene rings is 3. The summed E-state index contributed by atoms with van der Waals surface area (Å²) in [5, 5.41) is 6.28. The number of fused-ring (bicyclic) bond motifs is 2. The molecule has 5 rings (SSSR count). The second kappa shape index (κ2) is 16.3. The molecule has 0 atom stereocenters. The molecule has 0 aliphatic heterocycles. The largest absolute Gasteiger partial charge is 0.494 e. The van der Waals surface area contributed by atoms with Crippen LogP contribution in [0.15, 0.2) is 65.8 Å². The molecule has 0 spiro atoms. The van der Waals surface area contributed by atoms with Gasteiger partial charge in [0.05, 0.1) is 28.7 Å². The Labute approximate surface area is 269 Å². The van der Waals surface area contributed by atoms with Gasteiger partial charge in [-0.15, -0.1) is 0 Å². The first-order valence-corrected chi connectivity index (χ1v) is 16.3. The van der Waals surface area contributed by atoms with Crippen molar-refractivity contribution in [3.63, 3.8) is 0 Å². The number of aromatic nitrogens is 4. The summed E-state index contributed by atoms with van der Waals surface area (Å²) in [6, 6.07) is 20.5. The minimum atomic E-state index is -0.0382. The van der Waals surface area contributed by atoms with Gasteiger partial charge in [-0.1, -0.05) is 43.9 Å². The average molecular weight is 622 g/mol. The summed E-state index contributed by atoms with van der Waals surface area (Å²) in [7, 11) is 0. The van der Waals surface area contributed by atoms with Gasteiger partial charge in [-0.05, 0) is 79.7 Å². The lowest BCUT2D eigenvalue weighted by atomic mass is 10.2. The van der Waals surface area contributed by atoms with Crippen LogP contribution in [0, 0.1) is 0 Å².